The molecule has 1 fully saturated rings. The van der Waals surface area contributed by atoms with Gasteiger partial charge in [0.15, 0.2) is 0 Å². The van der Waals surface area contributed by atoms with E-state index in [1.165, 1.54) is 17.3 Å². The quantitative estimate of drug-likeness (QED) is 0.390. The zero-order valence-electron chi connectivity index (χ0n) is 21.8. The summed E-state index contributed by atoms with van der Waals surface area (Å²) < 4.78 is 27.4. The van der Waals surface area contributed by atoms with Gasteiger partial charge in [-0.15, -0.1) is 0 Å². The van der Waals surface area contributed by atoms with Gasteiger partial charge in [0.05, 0.1) is 24.0 Å². The van der Waals surface area contributed by atoms with Gasteiger partial charge in [-0.1, -0.05) is 47.5 Å². The fourth-order valence-electron chi connectivity index (χ4n) is 4.80. The Kier molecular flexibility index (Phi) is 8.56. The second kappa shape index (κ2) is 11.6. The molecule has 1 aliphatic rings. The van der Waals surface area contributed by atoms with E-state index in [0.717, 1.165) is 17.4 Å². The summed E-state index contributed by atoms with van der Waals surface area (Å²) in [6, 6.07) is 18.7. The zero-order valence-corrected chi connectivity index (χ0v) is 24.1. The van der Waals surface area contributed by atoms with Gasteiger partial charge < -0.3 is 11.1 Å². The van der Waals surface area contributed by atoms with Crippen LogP contribution in [0.5, 0.6) is 0 Å². The number of benzene rings is 3. The lowest BCUT2D eigenvalue weighted by molar-refractivity contribution is -0.119. The van der Waals surface area contributed by atoms with Crippen LogP contribution in [0, 0.1) is 6.92 Å². The van der Waals surface area contributed by atoms with Crippen LogP contribution in [0.3, 0.4) is 0 Å². The van der Waals surface area contributed by atoms with Crippen molar-refractivity contribution in [3.05, 3.63) is 99.0 Å². The van der Waals surface area contributed by atoms with Crippen LogP contribution in [-0.2, 0) is 14.8 Å². The second-order valence-corrected chi connectivity index (χ2v) is 12.6. The zero-order chi connectivity index (χ0) is 28.5. The van der Waals surface area contributed by atoms with Gasteiger partial charge in [0.25, 0.3) is 5.91 Å². The molecule has 0 spiro atoms. The molecule has 2 amide bonds. The van der Waals surface area contributed by atoms with Crippen LogP contribution in [-0.4, -0.2) is 56.6 Å². The van der Waals surface area contributed by atoms with E-state index in [1.54, 1.807) is 19.1 Å². The summed E-state index contributed by atoms with van der Waals surface area (Å²) in [6.45, 7) is 4.18. The highest BCUT2D eigenvalue weighted by Gasteiger charge is 2.41. The van der Waals surface area contributed by atoms with Crippen LogP contribution in [0.1, 0.15) is 40.0 Å². The molecule has 39 heavy (non-hydrogen) atoms. The number of carbonyl (C=O) groups excluding carboxylic acids is 2. The van der Waals surface area contributed by atoms with E-state index in [1.807, 2.05) is 48.5 Å². The molecule has 0 aromatic heterocycles. The Morgan fingerprint density at radius 2 is 1.49 bits per heavy atom. The molecule has 1 saturated heterocycles. The average Bonchev–Trinajstić information content (AvgIpc) is 2.83. The molecule has 1 heterocycles. The normalized spacial score (nSPS) is 15.0. The first kappa shape index (κ1) is 28.9. The van der Waals surface area contributed by atoms with Crippen LogP contribution < -0.4 is 15.4 Å². The molecule has 0 aliphatic carbocycles. The van der Waals surface area contributed by atoms with E-state index in [4.69, 9.17) is 28.9 Å². The van der Waals surface area contributed by atoms with E-state index in [2.05, 4.69) is 10.2 Å². The van der Waals surface area contributed by atoms with Crippen molar-refractivity contribution >= 4 is 50.7 Å². The van der Waals surface area contributed by atoms with Crippen molar-refractivity contribution in [2.75, 3.05) is 23.7 Å². The lowest BCUT2D eigenvalue weighted by atomic mass is 9.93. The Labute approximate surface area is 238 Å². The highest BCUT2D eigenvalue weighted by molar-refractivity contribution is 7.92. The summed E-state index contributed by atoms with van der Waals surface area (Å²) in [6.07, 6.45) is 1.16. The maximum Gasteiger partial charge on any atom is 0.252 e. The monoisotopic (exact) mass is 588 g/mol. The summed E-state index contributed by atoms with van der Waals surface area (Å²) >= 11 is 12.3. The summed E-state index contributed by atoms with van der Waals surface area (Å²) in [4.78, 5) is 26.4. The molecular weight excluding hydrogens is 559 g/mol. The Morgan fingerprint density at radius 1 is 0.974 bits per heavy atom. The van der Waals surface area contributed by atoms with Crippen LogP contribution in [0.25, 0.3) is 0 Å². The Morgan fingerprint density at radius 3 is 1.95 bits per heavy atom. The lowest BCUT2D eigenvalue weighted by Crippen LogP contribution is -2.61. The fourth-order valence-corrected chi connectivity index (χ4v) is 6.21. The lowest BCUT2D eigenvalue weighted by Gasteiger charge is -2.49. The number of halogens is 2. The maximum absolute atomic E-state index is 13.0. The molecular formula is C28H30Cl2N4O4S. The molecule has 206 valence electrons. The van der Waals surface area contributed by atoms with E-state index in [9.17, 15) is 18.0 Å². The smallest absolute Gasteiger partial charge is 0.252 e. The molecule has 8 nitrogen and oxygen atoms in total. The number of nitrogens with two attached hydrogens (primary N) is 1. The number of likely N-dealkylation sites (tertiary alicyclic amines) is 1. The average molecular weight is 590 g/mol. The first-order chi connectivity index (χ1) is 18.3. The largest absolute Gasteiger partial charge is 0.368 e. The van der Waals surface area contributed by atoms with Gasteiger partial charge in [0.2, 0.25) is 15.9 Å². The minimum Gasteiger partial charge on any atom is -0.368 e. The fraction of sp³-hybridized carbons (Fsp3) is 0.286. The number of anilines is 1. The summed E-state index contributed by atoms with van der Waals surface area (Å²) in [5, 5.41) is 3.80. The van der Waals surface area contributed by atoms with Crippen molar-refractivity contribution in [2.45, 2.75) is 32.0 Å². The number of primary amides is 1. The molecule has 1 atom stereocenters. The summed E-state index contributed by atoms with van der Waals surface area (Å²) in [5.41, 5.74) is 8.63. The SMILES string of the molecule is Cc1cc(C(=O)N[C@@H](C)C(N)=O)cc(N(C2CN(C(c3ccc(Cl)cc3)c3ccc(Cl)cc3)C2)S(C)(=O)=O)c1. The van der Waals surface area contributed by atoms with Gasteiger partial charge >= 0.3 is 0 Å². The topological polar surface area (TPSA) is 113 Å². The van der Waals surface area contributed by atoms with Crippen LogP contribution in [0.15, 0.2) is 66.7 Å². The summed E-state index contributed by atoms with van der Waals surface area (Å²) in [5.74, 6) is -1.18. The van der Waals surface area contributed by atoms with Gasteiger partial charge in [0.1, 0.15) is 6.04 Å². The molecule has 3 N–H and O–H groups in total. The van der Waals surface area contributed by atoms with Crippen LogP contribution in [0.2, 0.25) is 10.0 Å². The molecule has 3 aromatic rings. The molecule has 11 heteroatoms. The minimum absolute atomic E-state index is 0.133. The van der Waals surface area contributed by atoms with Crippen molar-refractivity contribution in [3.8, 4) is 0 Å². The molecule has 0 saturated carbocycles. The van der Waals surface area contributed by atoms with Crippen LogP contribution >= 0.6 is 23.2 Å². The van der Waals surface area contributed by atoms with Gasteiger partial charge in [-0.25, -0.2) is 8.42 Å². The third-order valence-electron chi connectivity index (χ3n) is 6.67. The van der Waals surface area contributed by atoms with Crippen molar-refractivity contribution in [2.24, 2.45) is 5.73 Å². The Balaban J connectivity index is 1.63. The minimum atomic E-state index is -3.70. The number of hydrogen-bond acceptors (Lipinski definition) is 5. The van der Waals surface area contributed by atoms with Gasteiger partial charge in [0, 0.05) is 28.7 Å². The van der Waals surface area contributed by atoms with E-state index in [0.29, 0.717) is 34.4 Å². The Hall–Kier alpha value is -3.11. The Bertz CT molecular complexity index is 1430. The number of nitrogens with one attached hydrogen (secondary N) is 1. The van der Waals surface area contributed by atoms with E-state index in [-0.39, 0.29) is 17.6 Å². The molecule has 4 rings (SSSR count). The molecule has 3 aromatic carbocycles. The highest BCUT2D eigenvalue weighted by Crippen LogP contribution is 2.37. The predicted octanol–water partition coefficient (Wildman–Crippen LogP) is 4.15. The first-order valence-corrected chi connectivity index (χ1v) is 14.9. The van der Waals surface area contributed by atoms with Gasteiger partial charge in [-0.05, 0) is 73.0 Å². The standard InChI is InChI=1S/C28H30Cl2N4O4S/c1-17-12-21(28(36)32-18(2)27(31)35)14-24(13-17)34(39(3,37)38)25-15-33(16-25)26(19-4-8-22(29)9-5-19)20-6-10-23(30)11-7-20/h4-14,18,25-26H,15-16H2,1-3H3,(H2,31,35)(H,32,36)/t18-/m0/s1. The predicted molar refractivity (Wildman–Crippen MR) is 155 cm³/mol. The van der Waals surface area contributed by atoms with Gasteiger partial charge in [-0.3, -0.25) is 18.8 Å². The summed E-state index contributed by atoms with van der Waals surface area (Å²) in [7, 11) is -3.70. The number of rotatable bonds is 9. The number of carbonyl (C=O) groups is 2. The van der Waals surface area contributed by atoms with Crippen molar-refractivity contribution in [1.82, 2.24) is 10.2 Å². The molecule has 1 aliphatic heterocycles. The molecule has 0 bridgehead atoms. The van der Waals surface area contributed by atoms with Crippen molar-refractivity contribution in [1.29, 1.82) is 0 Å². The van der Waals surface area contributed by atoms with Crippen molar-refractivity contribution < 1.29 is 18.0 Å². The molecule has 0 unspecified atom stereocenters. The third kappa shape index (κ3) is 6.73. The van der Waals surface area contributed by atoms with E-state index >= 15 is 0 Å². The number of aryl methyl sites for hydroxylation is 1. The second-order valence-electron chi connectivity index (χ2n) is 9.83. The first-order valence-electron chi connectivity index (χ1n) is 12.3. The van der Waals surface area contributed by atoms with Gasteiger partial charge in [-0.2, -0.15) is 0 Å². The molecule has 0 radical (unpaired) electrons. The number of amides is 2. The van der Waals surface area contributed by atoms with Crippen LogP contribution in [0.4, 0.5) is 5.69 Å². The van der Waals surface area contributed by atoms with Crippen molar-refractivity contribution in [3.63, 3.8) is 0 Å². The maximum atomic E-state index is 13.0. The number of nitrogens with zero attached hydrogens (tertiary/aromatic N) is 2. The highest BCUT2D eigenvalue weighted by atomic mass is 35.5. The van der Waals surface area contributed by atoms with E-state index < -0.39 is 27.9 Å². The number of hydrogen-bond donors (Lipinski definition) is 2. The third-order valence-corrected chi connectivity index (χ3v) is 8.40. The number of sulfonamides is 1.